The molecule has 2 aromatic rings. The summed E-state index contributed by atoms with van der Waals surface area (Å²) in [5, 5.41) is 3.27. The van der Waals surface area contributed by atoms with E-state index in [1.165, 1.54) is 0 Å². The van der Waals surface area contributed by atoms with Crippen LogP contribution in [0.3, 0.4) is 0 Å². The minimum atomic E-state index is 0.00275. The van der Waals surface area contributed by atoms with Crippen molar-refractivity contribution in [3.05, 3.63) is 53.6 Å². The van der Waals surface area contributed by atoms with Crippen LogP contribution in [-0.4, -0.2) is 34.9 Å². The predicted octanol–water partition coefficient (Wildman–Crippen LogP) is 2.10. The number of amides is 1. The number of carbonyl (C=O) groups is 1. The number of benzene rings is 1. The molecule has 0 unspecified atom stereocenters. The summed E-state index contributed by atoms with van der Waals surface area (Å²) in [6.45, 7) is 2.50. The Hall–Kier alpha value is -2.43. The Labute approximate surface area is 118 Å². The van der Waals surface area contributed by atoms with E-state index in [2.05, 4.69) is 15.3 Å². The third-order valence-corrected chi connectivity index (χ3v) is 2.85. The number of rotatable bonds is 4. The van der Waals surface area contributed by atoms with Crippen LogP contribution in [0.5, 0.6) is 0 Å². The lowest BCUT2D eigenvalue weighted by Gasteiger charge is -2.11. The zero-order chi connectivity index (χ0) is 14.5. The molecule has 104 valence electrons. The van der Waals surface area contributed by atoms with Crippen LogP contribution in [-0.2, 0) is 6.54 Å². The third kappa shape index (κ3) is 3.54. The first-order chi connectivity index (χ1) is 9.56. The van der Waals surface area contributed by atoms with Gasteiger partial charge in [-0.25, -0.2) is 9.97 Å². The fourth-order valence-corrected chi connectivity index (χ4v) is 1.79. The normalized spacial score (nSPS) is 10.2. The van der Waals surface area contributed by atoms with Crippen molar-refractivity contribution < 1.29 is 4.79 Å². The minimum Gasteiger partial charge on any atom is -0.379 e. The van der Waals surface area contributed by atoms with Crippen molar-refractivity contribution in [3.8, 4) is 0 Å². The smallest absolute Gasteiger partial charge is 0.253 e. The highest BCUT2D eigenvalue weighted by Crippen LogP contribution is 2.11. The van der Waals surface area contributed by atoms with E-state index in [0.29, 0.717) is 12.1 Å². The number of carbonyl (C=O) groups excluding carboxylic acids is 1. The van der Waals surface area contributed by atoms with Gasteiger partial charge in [0.05, 0.1) is 12.2 Å². The van der Waals surface area contributed by atoms with Gasteiger partial charge in [-0.2, -0.15) is 0 Å². The molecule has 0 aliphatic heterocycles. The van der Waals surface area contributed by atoms with Crippen molar-refractivity contribution in [2.75, 3.05) is 19.4 Å². The number of aryl methyl sites for hydroxylation is 1. The highest BCUT2D eigenvalue weighted by Gasteiger charge is 2.06. The van der Waals surface area contributed by atoms with Crippen molar-refractivity contribution >= 4 is 11.6 Å². The summed E-state index contributed by atoms with van der Waals surface area (Å²) in [5.41, 5.74) is 2.57. The summed E-state index contributed by atoms with van der Waals surface area (Å²) in [5.74, 6) is 0.763. The van der Waals surface area contributed by atoms with Crippen LogP contribution in [0.4, 0.5) is 5.69 Å². The van der Waals surface area contributed by atoms with E-state index < -0.39 is 0 Å². The predicted molar refractivity (Wildman–Crippen MR) is 78.6 cm³/mol. The minimum absolute atomic E-state index is 0.00275. The van der Waals surface area contributed by atoms with Crippen LogP contribution in [0, 0.1) is 6.92 Å². The molecular formula is C15H18N4O. The molecule has 1 aromatic heterocycles. The molecule has 20 heavy (non-hydrogen) atoms. The van der Waals surface area contributed by atoms with Gasteiger partial charge >= 0.3 is 0 Å². The van der Waals surface area contributed by atoms with Crippen molar-refractivity contribution in [1.82, 2.24) is 14.9 Å². The summed E-state index contributed by atoms with van der Waals surface area (Å²) in [7, 11) is 3.48. The topological polar surface area (TPSA) is 58.1 Å². The number of hydrogen-bond donors (Lipinski definition) is 1. The summed E-state index contributed by atoms with van der Waals surface area (Å²) in [6, 6.07) is 9.30. The number of nitrogens with zero attached hydrogens (tertiary/aromatic N) is 3. The Balaban J connectivity index is 1.99. The van der Waals surface area contributed by atoms with Crippen molar-refractivity contribution in [3.63, 3.8) is 0 Å². The first-order valence-electron chi connectivity index (χ1n) is 6.40. The highest BCUT2D eigenvalue weighted by atomic mass is 16.2. The van der Waals surface area contributed by atoms with Crippen LogP contribution < -0.4 is 5.32 Å². The van der Waals surface area contributed by atoms with Crippen molar-refractivity contribution in [1.29, 1.82) is 0 Å². The van der Waals surface area contributed by atoms with Crippen molar-refractivity contribution in [2.24, 2.45) is 0 Å². The van der Waals surface area contributed by atoms with Gasteiger partial charge in [-0.15, -0.1) is 0 Å². The zero-order valence-electron chi connectivity index (χ0n) is 11.9. The number of nitrogens with one attached hydrogen (secondary N) is 1. The molecular weight excluding hydrogens is 252 g/mol. The molecule has 2 rings (SSSR count). The average Bonchev–Trinajstić information content (AvgIpc) is 2.45. The second-order valence-corrected chi connectivity index (χ2v) is 4.73. The Morgan fingerprint density at radius 3 is 2.50 bits per heavy atom. The SMILES string of the molecule is Cc1nccc(CNc2ccc(C(=O)N(C)C)cc2)n1. The third-order valence-electron chi connectivity index (χ3n) is 2.85. The zero-order valence-corrected chi connectivity index (χ0v) is 11.9. The fraction of sp³-hybridized carbons (Fsp3) is 0.267. The number of aromatic nitrogens is 2. The number of hydrogen-bond acceptors (Lipinski definition) is 4. The Morgan fingerprint density at radius 1 is 1.20 bits per heavy atom. The monoisotopic (exact) mass is 270 g/mol. The molecule has 0 saturated carbocycles. The molecule has 0 spiro atoms. The molecule has 1 heterocycles. The average molecular weight is 270 g/mol. The van der Waals surface area contributed by atoms with Crippen LogP contribution in [0.25, 0.3) is 0 Å². The molecule has 1 aromatic carbocycles. The van der Waals surface area contributed by atoms with E-state index in [9.17, 15) is 4.79 Å². The molecule has 1 amide bonds. The Bertz CT molecular complexity index is 593. The first kappa shape index (κ1) is 14.0. The van der Waals surface area contributed by atoms with Gasteiger partial charge < -0.3 is 10.2 Å². The quantitative estimate of drug-likeness (QED) is 0.924. The van der Waals surface area contributed by atoms with Gasteiger partial charge in [0.1, 0.15) is 5.82 Å². The lowest BCUT2D eigenvalue weighted by atomic mass is 10.2. The fourth-order valence-electron chi connectivity index (χ4n) is 1.79. The van der Waals surface area contributed by atoms with Gasteiger partial charge in [0, 0.05) is 31.5 Å². The van der Waals surface area contributed by atoms with Crippen LogP contribution >= 0.6 is 0 Å². The van der Waals surface area contributed by atoms with E-state index in [1.807, 2.05) is 37.3 Å². The maximum Gasteiger partial charge on any atom is 0.253 e. The molecule has 0 atom stereocenters. The Morgan fingerprint density at radius 2 is 1.90 bits per heavy atom. The first-order valence-corrected chi connectivity index (χ1v) is 6.40. The summed E-state index contributed by atoms with van der Waals surface area (Å²) >= 11 is 0. The summed E-state index contributed by atoms with van der Waals surface area (Å²) < 4.78 is 0. The molecule has 0 fully saturated rings. The van der Waals surface area contributed by atoms with Gasteiger partial charge in [-0.05, 0) is 37.3 Å². The standard InChI is InChI=1S/C15H18N4O/c1-11-16-9-8-14(18-11)10-17-13-6-4-12(5-7-13)15(20)19(2)3/h4-9,17H,10H2,1-3H3. The molecule has 1 N–H and O–H groups in total. The summed E-state index contributed by atoms with van der Waals surface area (Å²) in [6.07, 6.45) is 1.75. The largest absolute Gasteiger partial charge is 0.379 e. The van der Waals surface area contributed by atoms with E-state index in [4.69, 9.17) is 0 Å². The van der Waals surface area contributed by atoms with Crippen LogP contribution in [0.1, 0.15) is 21.9 Å². The molecule has 0 saturated heterocycles. The molecule has 0 aliphatic carbocycles. The lowest BCUT2D eigenvalue weighted by molar-refractivity contribution is 0.0827. The van der Waals surface area contributed by atoms with Gasteiger partial charge in [0.2, 0.25) is 0 Å². The van der Waals surface area contributed by atoms with Crippen LogP contribution in [0.2, 0.25) is 0 Å². The maximum atomic E-state index is 11.8. The van der Waals surface area contributed by atoms with E-state index in [1.54, 1.807) is 25.2 Å². The second kappa shape index (κ2) is 6.14. The van der Waals surface area contributed by atoms with Gasteiger partial charge in [0.15, 0.2) is 0 Å². The second-order valence-electron chi connectivity index (χ2n) is 4.73. The molecule has 5 nitrogen and oxygen atoms in total. The van der Waals surface area contributed by atoms with Gasteiger partial charge in [-0.3, -0.25) is 4.79 Å². The number of anilines is 1. The van der Waals surface area contributed by atoms with E-state index >= 15 is 0 Å². The molecule has 0 radical (unpaired) electrons. The summed E-state index contributed by atoms with van der Waals surface area (Å²) in [4.78, 5) is 21.7. The highest BCUT2D eigenvalue weighted by molar-refractivity contribution is 5.94. The van der Waals surface area contributed by atoms with Crippen LogP contribution in [0.15, 0.2) is 36.5 Å². The van der Waals surface area contributed by atoms with Crippen molar-refractivity contribution in [2.45, 2.75) is 13.5 Å². The molecule has 0 bridgehead atoms. The molecule has 0 aliphatic rings. The van der Waals surface area contributed by atoms with Gasteiger partial charge in [-0.1, -0.05) is 0 Å². The molecule has 5 heteroatoms. The van der Waals surface area contributed by atoms with Gasteiger partial charge in [0.25, 0.3) is 5.91 Å². The maximum absolute atomic E-state index is 11.8. The van der Waals surface area contributed by atoms with E-state index in [-0.39, 0.29) is 5.91 Å². The Kier molecular flexibility index (Phi) is 4.30. The lowest BCUT2D eigenvalue weighted by Crippen LogP contribution is -2.21. The van der Waals surface area contributed by atoms with E-state index in [0.717, 1.165) is 17.2 Å².